The fraction of sp³-hybridized carbons (Fsp3) is 0.571. The zero-order valence-electron chi connectivity index (χ0n) is 11.6. The van der Waals surface area contributed by atoms with Gasteiger partial charge in [-0.3, -0.25) is 9.59 Å². The molecule has 19 heavy (non-hydrogen) atoms. The second-order valence-corrected chi connectivity index (χ2v) is 6.21. The van der Waals surface area contributed by atoms with Gasteiger partial charge in [0.2, 0.25) is 5.91 Å². The number of carbonyl (C=O) groups excluding carboxylic acids is 2. The normalized spacial score (nSPS) is 19.9. The third-order valence-electron chi connectivity index (χ3n) is 3.43. The monoisotopic (exact) mass is 280 g/mol. The van der Waals surface area contributed by atoms with Crippen molar-refractivity contribution in [1.29, 1.82) is 0 Å². The summed E-state index contributed by atoms with van der Waals surface area (Å²) in [4.78, 5) is 28.8. The van der Waals surface area contributed by atoms with Crippen molar-refractivity contribution < 1.29 is 9.59 Å². The summed E-state index contributed by atoms with van der Waals surface area (Å²) in [6.07, 6.45) is 0. The SMILES string of the molecule is CC(C)C(=O)N1CCN(C(=O)c2cccs2)C(C)C1. The van der Waals surface area contributed by atoms with Gasteiger partial charge in [0.05, 0.1) is 4.88 Å². The summed E-state index contributed by atoms with van der Waals surface area (Å²) in [6, 6.07) is 3.82. The Balaban J connectivity index is 2.01. The van der Waals surface area contributed by atoms with Crippen LogP contribution in [0.4, 0.5) is 0 Å². The van der Waals surface area contributed by atoms with Crippen LogP contribution in [0, 0.1) is 5.92 Å². The number of amides is 2. The fourth-order valence-corrected chi connectivity index (χ4v) is 3.05. The molecular formula is C14H20N2O2S. The first-order chi connectivity index (χ1) is 9.00. The first-order valence-corrected chi connectivity index (χ1v) is 7.52. The molecule has 104 valence electrons. The molecular weight excluding hydrogens is 260 g/mol. The van der Waals surface area contributed by atoms with Crippen molar-refractivity contribution in [2.45, 2.75) is 26.8 Å². The Morgan fingerprint density at radius 3 is 2.63 bits per heavy atom. The van der Waals surface area contributed by atoms with Gasteiger partial charge in [-0.2, -0.15) is 0 Å². The highest BCUT2D eigenvalue weighted by atomic mass is 32.1. The Morgan fingerprint density at radius 2 is 2.11 bits per heavy atom. The van der Waals surface area contributed by atoms with E-state index in [1.54, 1.807) is 0 Å². The van der Waals surface area contributed by atoms with Crippen LogP contribution in [-0.4, -0.2) is 47.3 Å². The lowest BCUT2D eigenvalue weighted by atomic mass is 10.1. The number of piperazine rings is 1. The fourth-order valence-electron chi connectivity index (χ4n) is 2.37. The van der Waals surface area contributed by atoms with E-state index in [1.165, 1.54) is 11.3 Å². The third-order valence-corrected chi connectivity index (χ3v) is 4.28. The van der Waals surface area contributed by atoms with Gasteiger partial charge in [0.25, 0.3) is 5.91 Å². The van der Waals surface area contributed by atoms with Crippen LogP contribution in [0.3, 0.4) is 0 Å². The van der Waals surface area contributed by atoms with E-state index in [0.29, 0.717) is 19.6 Å². The highest BCUT2D eigenvalue weighted by molar-refractivity contribution is 7.12. The first kappa shape index (κ1) is 14.1. The van der Waals surface area contributed by atoms with Crippen LogP contribution in [0.25, 0.3) is 0 Å². The number of hydrogen-bond donors (Lipinski definition) is 0. The molecule has 0 radical (unpaired) electrons. The molecule has 1 saturated heterocycles. The molecule has 0 aromatic carbocycles. The van der Waals surface area contributed by atoms with Crippen molar-refractivity contribution in [1.82, 2.24) is 9.80 Å². The molecule has 2 rings (SSSR count). The average molecular weight is 280 g/mol. The summed E-state index contributed by atoms with van der Waals surface area (Å²) >= 11 is 1.47. The number of hydrogen-bond acceptors (Lipinski definition) is 3. The van der Waals surface area contributed by atoms with Gasteiger partial charge >= 0.3 is 0 Å². The molecule has 2 amide bonds. The summed E-state index contributed by atoms with van der Waals surface area (Å²) in [6.45, 7) is 7.72. The van der Waals surface area contributed by atoms with Gasteiger partial charge < -0.3 is 9.80 Å². The summed E-state index contributed by atoms with van der Waals surface area (Å²) in [5.41, 5.74) is 0. The average Bonchev–Trinajstić information content (AvgIpc) is 2.90. The summed E-state index contributed by atoms with van der Waals surface area (Å²) in [5, 5.41) is 1.91. The van der Waals surface area contributed by atoms with E-state index in [1.807, 2.05) is 48.1 Å². The van der Waals surface area contributed by atoms with Crippen LogP contribution in [0.5, 0.6) is 0 Å². The maximum Gasteiger partial charge on any atom is 0.264 e. The zero-order valence-corrected chi connectivity index (χ0v) is 12.4. The van der Waals surface area contributed by atoms with Crippen LogP contribution in [-0.2, 0) is 4.79 Å². The number of carbonyl (C=O) groups is 2. The molecule has 1 aromatic rings. The summed E-state index contributed by atoms with van der Waals surface area (Å²) in [5.74, 6) is 0.279. The number of rotatable bonds is 2. The molecule has 0 saturated carbocycles. The molecule has 1 aliphatic heterocycles. The molecule has 2 heterocycles. The Morgan fingerprint density at radius 1 is 1.37 bits per heavy atom. The molecule has 1 aromatic heterocycles. The molecule has 4 nitrogen and oxygen atoms in total. The lowest BCUT2D eigenvalue weighted by molar-refractivity contribution is -0.136. The minimum Gasteiger partial charge on any atom is -0.339 e. The molecule has 0 aliphatic carbocycles. The van der Waals surface area contributed by atoms with Crippen LogP contribution in [0.15, 0.2) is 17.5 Å². The Hall–Kier alpha value is -1.36. The second kappa shape index (κ2) is 5.74. The van der Waals surface area contributed by atoms with E-state index in [2.05, 4.69) is 0 Å². The minimum atomic E-state index is 0.0201. The predicted molar refractivity (Wildman–Crippen MR) is 76.2 cm³/mol. The van der Waals surface area contributed by atoms with E-state index >= 15 is 0 Å². The van der Waals surface area contributed by atoms with Crippen LogP contribution >= 0.6 is 11.3 Å². The van der Waals surface area contributed by atoms with Gasteiger partial charge in [0.15, 0.2) is 0 Å². The predicted octanol–water partition coefficient (Wildman–Crippen LogP) is 2.08. The number of nitrogens with zero attached hydrogens (tertiary/aromatic N) is 2. The highest BCUT2D eigenvalue weighted by Gasteiger charge is 2.31. The standard InChI is InChI=1S/C14H20N2O2S/c1-10(2)13(17)15-6-7-16(11(3)9-15)14(18)12-5-4-8-19-12/h4-5,8,10-11H,6-7,9H2,1-3H3. The molecule has 5 heteroatoms. The van der Waals surface area contributed by atoms with Crippen LogP contribution < -0.4 is 0 Å². The Labute approximate surface area is 118 Å². The Kier molecular flexibility index (Phi) is 4.24. The van der Waals surface area contributed by atoms with Gasteiger partial charge in [0, 0.05) is 31.6 Å². The van der Waals surface area contributed by atoms with Crippen LogP contribution in [0.2, 0.25) is 0 Å². The summed E-state index contributed by atoms with van der Waals surface area (Å²) in [7, 11) is 0. The lowest BCUT2D eigenvalue weighted by Crippen LogP contribution is -2.56. The molecule has 1 unspecified atom stereocenters. The van der Waals surface area contributed by atoms with E-state index in [4.69, 9.17) is 0 Å². The van der Waals surface area contributed by atoms with Crippen molar-refractivity contribution in [3.05, 3.63) is 22.4 Å². The van der Waals surface area contributed by atoms with E-state index in [9.17, 15) is 9.59 Å². The van der Waals surface area contributed by atoms with Gasteiger partial charge in [-0.15, -0.1) is 11.3 Å². The smallest absolute Gasteiger partial charge is 0.264 e. The van der Waals surface area contributed by atoms with Crippen molar-refractivity contribution >= 4 is 23.2 Å². The highest BCUT2D eigenvalue weighted by Crippen LogP contribution is 2.18. The third kappa shape index (κ3) is 2.97. The van der Waals surface area contributed by atoms with Crippen molar-refractivity contribution in [2.75, 3.05) is 19.6 Å². The topological polar surface area (TPSA) is 40.6 Å². The van der Waals surface area contributed by atoms with Gasteiger partial charge in [-0.1, -0.05) is 19.9 Å². The second-order valence-electron chi connectivity index (χ2n) is 5.26. The quantitative estimate of drug-likeness (QED) is 0.832. The Bertz CT molecular complexity index is 456. The van der Waals surface area contributed by atoms with E-state index < -0.39 is 0 Å². The number of thiophene rings is 1. The lowest BCUT2D eigenvalue weighted by Gasteiger charge is -2.40. The van der Waals surface area contributed by atoms with Crippen molar-refractivity contribution in [3.63, 3.8) is 0 Å². The maximum absolute atomic E-state index is 12.3. The van der Waals surface area contributed by atoms with E-state index in [0.717, 1.165) is 4.88 Å². The molecule has 1 atom stereocenters. The summed E-state index contributed by atoms with van der Waals surface area (Å²) < 4.78 is 0. The molecule has 1 aliphatic rings. The molecule has 0 spiro atoms. The largest absolute Gasteiger partial charge is 0.339 e. The maximum atomic E-state index is 12.3. The van der Waals surface area contributed by atoms with Gasteiger partial charge in [-0.25, -0.2) is 0 Å². The van der Waals surface area contributed by atoms with Gasteiger partial charge in [0.1, 0.15) is 0 Å². The minimum absolute atomic E-state index is 0.0201. The first-order valence-electron chi connectivity index (χ1n) is 6.64. The van der Waals surface area contributed by atoms with Gasteiger partial charge in [-0.05, 0) is 18.4 Å². The zero-order chi connectivity index (χ0) is 14.0. The van der Waals surface area contributed by atoms with E-state index in [-0.39, 0.29) is 23.8 Å². The molecule has 1 fully saturated rings. The van der Waals surface area contributed by atoms with Crippen molar-refractivity contribution in [2.24, 2.45) is 5.92 Å². The molecule has 0 bridgehead atoms. The molecule has 0 N–H and O–H groups in total. The van der Waals surface area contributed by atoms with Crippen LogP contribution in [0.1, 0.15) is 30.4 Å². The van der Waals surface area contributed by atoms with Crippen molar-refractivity contribution in [3.8, 4) is 0 Å².